The quantitative estimate of drug-likeness (QED) is 0.576. The van der Waals surface area contributed by atoms with E-state index in [1.54, 1.807) is 29.8 Å². The van der Waals surface area contributed by atoms with E-state index in [1.807, 2.05) is 30.3 Å². The van der Waals surface area contributed by atoms with Crippen LogP contribution in [0.15, 0.2) is 59.8 Å². The van der Waals surface area contributed by atoms with E-state index in [9.17, 15) is 14.0 Å². The van der Waals surface area contributed by atoms with E-state index in [1.165, 1.54) is 24.8 Å². The third kappa shape index (κ3) is 5.29. The lowest BCUT2D eigenvalue weighted by Gasteiger charge is -2.16. The lowest BCUT2D eigenvalue weighted by Crippen LogP contribution is -2.42. The minimum Gasteiger partial charge on any atom is -0.345 e. The van der Waals surface area contributed by atoms with Crippen LogP contribution in [0.2, 0.25) is 0 Å². The molecular weight excluding hydrogens is 391 g/mol. The molecule has 0 spiro atoms. The van der Waals surface area contributed by atoms with Gasteiger partial charge in [0.15, 0.2) is 16.8 Å². The molecule has 0 saturated carbocycles. The van der Waals surface area contributed by atoms with Crippen LogP contribution in [0.1, 0.15) is 12.5 Å². The van der Waals surface area contributed by atoms with Crippen molar-refractivity contribution in [2.24, 2.45) is 7.05 Å². The minimum absolute atomic E-state index is 0.0712. The number of carbonyl (C=O) groups is 2. The molecule has 2 aromatic carbocycles. The molecule has 1 atom stereocenters. The second kappa shape index (κ2) is 9.47. The smallest absolute Gasteiger partial charge is 0.231 e. The van der Waals surface area contributed by atoms with Gasteiger partial charge in [-0.25, -0.2) is 4.39 Å². The predicted molar refractivity (Wildman–Crippen MR) is 110 cm³/mol. The van der Waals surface area contributed by atoms with Gasteiger partial charge in [-0.1, -0.05) is 54.2 Å². The van der Waals surface area contributed by atoms with Crippen molar-refractivity contribution in [2.45, 2.75) is 24.5 Å². The zero-order chi connectivity index (χ0) is 20.8. The highest BCUT2D eigenvalue weighted by atomic mass is 32.2. The monoisotopic (exact) mass is 412 g/mol. The number of nitrogens with zero attached hydrogens (tertiary/aromatic N) is 3. The number of ketones is 1. The Morgan fingerprint density at radius 2 is 1.79 bits per heavy atom. The molecule has 1 amide bonds. The number of thioether (sulfide) groups is 1. The van der Waals surface area contributed by atoms with Crippen molar-refractivity contribution in [1.82, 2.24) is 20.1 Å². The van der Waals surface area contributed by atoms with Crippen LogP contribution in [-0.2, 0) is 23.1 Å². The Morgan fingerprint density at radius 1 is 1.10 bits per heavy atom. The summed E-state index contributed by atoms with van der Waals surface area (Å²) < 4.78 is 15.6. The molecule has 0 fully saturated rings. The first kappa shape index (κ1) is 20.7. The van der Waals surface area contributed by atoms with Crippen LogP contribution in [0.25, 0.3) is 11.4 Å². The van der Waals surface area contributed by atoms with Gasteiger partial charge in [0, 0.05) is 7.05 Å². The van der Waals surface area contributed by atoms with Gasteiger partial charge >= 0.3 is 0 Å². The van der Waals surface area contributed by atoms with Crippen molar-refractivity contribution in [3.63, 3.8) is 0 Å². The minimum atomic E-state index is -0.584. The van der Waals surface area contributed by atoms with Gasteiger partial charge in [-0.05, 0) is 31.0 Å². The molecule has 0 radical (unpaired) electrons. The Bertz CT molecular complexity index is 1010. The maximum absolute atomic E-state index is 14.0. The SMILES string of the molecule is CC(=O)C(Cc1ccccc1)NC(=O)CSc1nnc(-c2ccccc2F)n1C. The molecule has 150 valence electrons. The Hall–Kier alpha value is -3.00. The summed E-state index contributed by atoms with van der Waals surface area (Å²) in [4.78, 5) is 24.3. The fourth-order valence-corrected chi connectivity index (χ4v) is 3.55. The summed E-state index contributed by atoms with van der Waals surface area (Å²) in [6, 6.07) is 15.3. The van der Waals surface area contributed by atoms with Crippen LogP contribution in [0, 0.1) is 5.82 Å². The third-order valence-electron chi connectivity index (χ3n) is 4.39. The maximum Gasteiger partial charge on any atom is 0.231 e. The summed E-state index contributed by atoms with van der Waals surface area (Å²) in [6.07, 6.45) is 0.438. The van der Waals surface area contributed by atoms with Crippen molar-refractivity contribution >= 4 is 23.5 Å². The van der Waals surface area contributed by atoms with Crippen LogP contribution in [0.3, 0.4) is 0 Å². The third-order valence-corrected chi connectivity index (χ3v) is 5.41. The average Bonchev–Trinajstić information content (AvgIpc) is 3.07. The van der Waals surface area contributed by atoms with Crippen molar-refractivity contribution in [1.29, 1.82) is 0 Å². The second-order valence-electron chi connectivity index (χ2n) is 6.55. The highest BCUT2D eigenvalue weighted by molar-refractivity contribution is 7.99. The first-order valence-electron chi connectivity index (χ1n) is 9.06. The first-order chi connectivity index (χ1) is 14.0. The van der Waals surface area contributed by atoms with Crippen LogP contribution in [0.5, 0.6) is 0 Å². The van der Waals surface area contributed by atoms with E-state index < -0.39 is 6.04 Å². The summed E-state index contributed by atoms with van der Waals surface area (Å²) in [7, 11) is 1.72. The summed E-state index contributed by atoms with van der Waals surface area (Å²) in [5.74, 6) is -0.310. The average molecular weight is 412 g/mol. The topological polar surface area (TPSA) is 76.9 Å². The molecule has 6 nitrogen and oxygen atoms in total. The highest BCUT2D eigenvalue weighted by Crippen LogP contribution is 2.24. The number of rotatable bonds is 8. The van der Waals surface area contributed by atoms with Crippen LogP contribution in [0.4, 0.5) is 4.39 Å². The van der Waals surface area contributed by atoms with Crippen molar-refractivity contribution < 1.29 is 14.0 Å². The van der Waals surface area contributed by atoms with Gasteiger partial charge in [0.2, 0.25) is 5.91 Å². The van der Waals surface area contributed by atoms with Gasteiger partial charge in [0.05, 0.1) is 17.4 Å². The second-order valence-corrected chi connectivity index (χ2v) is 7.50. The van der Waals surface area contributed by atoms with Crippen molar-refractivity contribution in [3.05, 3.63) is 66.0 Å². The molecule has 3 rings (SSSR count). The standard InChI is InChI=1S/C21H21FN4O2S/c1-14(27)18(12-15-8-4-3-5-9-15)23-19(28)13-29-21-25-24-20(26(21)2)16-10-6-7-11-17(16)22/h3-11,18H,12-13H2,1-2H3,(H,23,28). The Morgan fingerprint density at radius 3 is 2.48 bits per heavy atom. The number of nitrogens with one attached hydrogen (secondary N) is 1. The molecule has 8 heteroatoms. The van der Waals surface area contributed by atoms with Crippen molar-refractivity contribution in [3.8, 4) is 11.4 Å². The lowest BCUT2D eigenvalue weighted by atomic mass is 10.0. The van der Waals surface area contributed by atoms with E-state index in [2.05, 4.69) is 15.5 Å². The molecule has 1 heterocycles. The summed E-state index contributed by atoms with van der Waals surface area (Å²) in [5.41, 5.74) is 1.32. The molecular formula is C21H21FN4O2S. The van der Waals surface area contributed by atoms with Crippen LogP contribution >= 0.6 is 11.8 Å². The molecule has 0 aliphatic heterocycles. The number of hydrogen-bond donors (Lipinski definition) is 1. The zero-order valence-electron chi connectivity index (χ0n) is 16.1. The zero-order valence-corrected chi connectivity index (χ0v) is 16.9. The lowest BCUT2D eigenvalue weighted by molar-refractivity contribution is -0.125. The van der Waals surface area contributed by atoms with E-state index in [-0.39, 0.29) is 23.3 Å². The van der Waals surface area contributed by atoms with Gasteiger partial charge < -0.3 is 9.88 Å². The number of hydrogen-bond acceptors (Lipinski definition) is 5. The fourth-order valence-electron chi connectivity index (χ4n) is 2.83. The number of amides is 1. The summed E-state index contributed by atoms with van der Waals surface area (Å²) in [6.45, 7) is 1.46. The number of Topliss-reactive ketones (excluding diaryl/α,β-unsaturated/α-hetero) is 1. The van der Waals surface area contributed by atoms with Crippen molar-refractivity contribution in [2.75, 3.05) is 5.75 Å². The molecule has 0 saturated heterocycles. The molecule has 3 aromatic rings. The summed E-state index contributed by atoms with van der Waals surface area (Å²) >= 11 is 1.18. The van der Waals surface area contributed by atoms with Gasteiger partial charge in [-0.3, -0.25) is 9.59 Å². The van der Waals surface area contributed by atoms with Gasteiger partial charge in [0.1, 0.15) is 5.82 Å². The molecule has 0 bridgehead atoms. The van der Waals surface area contributed by atoms with E-state index in [0.29, 0.717) is 23.0 Å². The number of benzene rings is 2. The van der Waals surface area contributed by atoms with Gasteiger partial charge in [0.25, 0.3) is 0 Å². The Labute approximate surface area is 172 Å². The maximum atomic E-state index is 14.0. The molecule has 1 N–H and O–H groups in total. The van der Waals surface area contributed by atoms with E-state index in [0.717, 1.165) is 5.56 Å². The fraction of sp³-hybridized carbons (Fsp3) is 0.238. The van der Waals surface area contributed by atoms with Crippen LogP contribution in [-0.4, -0.2) is 38.2 Å². The number of halogens is 1. The highest BCUT2D eigenvalue weighted by Gasteiger charge is 2.19. The first-order valence-corrected chi connectivity index (χ1v) is 10.0. The van der Waals surface area contributed by atoms with E-state index in [4.69, 9.17) is 0 Å². The molecule has 1 unspecified atom stereocenters. The Kier molecular flexibility index (Phi) is 6.77. The number of aromatic nitrogens is 3. The molecule has 1 aromatic heterocycles. The largest absolute Gasteiger partial charge is 0.345 e. The molecule has 0 aliphatic carbocycles. The summed E-state index contributed by atoms with van der Waals surface area (Å²) in [5, 5.41) is 11.3. The molecule has 0 aliphatic rings. The van der Waals surface area contributed by atoms with Gasteiger partial charge in [-0.15, -0.1) is 10.2 Å². The van der Waals surface area contributed by atoms with E-state index >= 15 is 0 Å². The van der Waals surface area contributed by atoms with Crippen LogP contribution < -0.4 is 5.32 Å². The number of carbonyl (C=O) groups excluding carboxylic acids is 2. The Balaban J connectivity index is 1.62. The molecule has 29 heavy (non-hydrogen) atoms. The van der Waals surface area contributed by atoms with Gasteiger partial charge in [-0.2, -0.15) is 0 Å². The predicted octanol–water partition coefficient (Wildman–Crippen LogP) is 3.03. The normalized spacial score (nSPS) is 11.8.